The molecule has 0 saturated heterocycles. The van der Waals surface area contributed by atoms with Crippen molar-refractivity contribution in [2.75, 3.05) is 20.8 Å². The molecule has 8 heteroatoms. The minimum Gasteiger partial charge on any atom is -0.497 e. The van der Waals surface area contributed by atoms with Crippen molar-refractivity contribution in [3.8, 4) is 17.2 Å². The van der Waals surface area contributed by atoms with Crippen molar-refractivity contribution in [2.45, 2.75) is 10.8 Å². The van der Waals surface area contributed by atoms with E-state index in [-0.39, 0.29) is 11.0 Å². The molecule has 0 radical (unpaired) electrons. The summed E-state index contributed by atoms with van der Waals surface area (Å²) >= 11 is 4.92. The largest absolute Gasteiger partial charge is 0.497 e. The minimum absolute atomic E-state index is 0.140. The van der Waals surface area contributed by atoms with Crippen molar-refractivity contribution in [1.29, 1.82) is 0 Å². The lowest BCUT2D eigenvalue weighted by Crippen LogP contribution is -2.39. The molecule has 2 N–H and O–H groups in total. The van der Waals surface area contributed by atoms with Gasteiger partial charge in [0.2, 0.25) is 0 Å². The zero-order chi connectivity index (χ0) is 18.5. The summed E-state index contributed by atoms with van der Waals surface area (Å²) in [6.07, 6.45) is 0. The number of methoxy groups -OCH3 is 2. The molecule has 0 bridgehead atoms. The third-order valence-corrected chi connectivity index (χ3v) is 6.15. The number of ether oxygens (including phenoxy) is 3. The molecule has 0 amide bonds. The maximum atomic E-state index is 14.8. The Bertz CT molecular complexity index is 924. The molecule has 2 aliphatic heterocycles. The molecular weight excluding hydrogens is 423 g/mol. The van der Waals surface area contributed by atoms with Crippen LogP contribution in [0.15, 0.2) is 39.8 Å². The number of rotatable bonds is 3. The van der Waals surface area contributed by atoms with Crippen LogP contribution in [0.5, 0.6) is 17.2 Å². The van der Waals surface area contributed by atoms with Crippen molar-refractivity contribution in [2.24, 2.45) is 10.7 Å². The number of nitrogens with two attached hydrogens (primary N) is 1. The summed E-state index contributed by atoms with van der Waals surface area (Å²) in [7, 11) is 3.12. The highest BCUT2D eigenvalue weighted by atomic mass is 79.9. The lowest BCUT2D eigenvalue weighted by molar-refractivity contribution is 0.180. The number of fused-ring (bicyclic) bond motifs is 4. The highest BCUT2D eigenvalue weighted by Gasteiger charge is 2.53. The van der Waals surface area contributed by atoms with Gasteiger partial charge in [-0.25, -0.2) is 9.38 Å². The van der Waals surface area contributed by atoms with Crippen LogP contribution in [0.25, 0.3) is 0 Å². The average molecular weight is 439 g/mol. The summed E-state index contributed by atoms with van der Waals surface area (Å²) in [5, 5.41) is 0.253. The molecule has 0 saturated carbocycles. The zero-order valence-corrected chi connectivity index (χ0v) is 16.5. The summed E-state index contributed by atoms with van der Waals surface area (Å²) in [5.41, 5.74) is 6.56. The van der Waals surface area contributed by atoms with E-state index in [9.17, 15) is 4.39 Å². The normalized spacial score (nSPS) is 23.2. The fourth-order valence-corrected chi connectivity index (χ4v) is 5.02. The van der Waals surface area contributed by atoms with Gasteiger partial charge < -0.3 is 19.9 Å². The molecule has 4 rings (SSSR count). The van der Waals surface area contributed by atoms with Gasteiger partial charge in [-0.05, 0) is 24.3 Å². The molecule has 2 atom stereocenters. The minimum atomic E-state index is -0.924. The molecule has 1 spiro atoms. The van der Waals surface area contributed by atoms with E-state index < -0.39 is 11.4 Å². The standard InChI is InChI=1S/C18H16BrFN2O3S/c1-23-8-15-18(22-17(21)26-15)11-5-9(19)3-4-14(11)25-16-12(18)6-10(24-2)7-13(16)20/h3-7,15H,8H2,1-2H3,(H2,21,22). The van der Waals surface area contributed by atoms with Crippen LogP contribution >= 0.6 is 27.7 Å². The van der Waals surface area contributed by atoms with Crippen LogP contribution in [0.1, 0.15) is 11.1 Å². The Hall–Kier alpha value is -1.77. The smallest absolute Gasteiger partial charge is 0.169 e. The maximum absolute atomic E-state index is 14.8. The number of aliphatic imine (C=N–C) groups is 1. The fourth-order valence-electron chi connectivity index (χ4n) is 3.49. The van der Waals surface area contributed by atoms with Gasteiger partial charge in [0.05, 0.1) is 19.0 Å². The number of hydrogen-bond acceptors (Lipinski definition) is 6. The first kappa shape index (κ1) is 17.6. The van der Waals surface area contributed by atoms with Crippen LogP contribution in [0.2, 0.25) is 0 Å². The van der Waals surface area contributed by atoms with Gasteiger partial charge in [0.15, 0.2) is 16.7 Å². The Morgan fingerprint density at radius 2 is 2.12 bits per heavy atom. The lowest BCUT2D eigenvalue weighted by Gasteiger charge is -2.38. The van der Waals surface area contributed by atoms with Crippen LogP contribution < -0.4 is 15.2 Å². The van der Waals surface area contributed by atoms with Gasteiger partial charge in [-0.2, -0.15) is 0 Å². The van der Waals surface area contributed by atoms with E-state index in [1.165, 1.54) is 24.9 Å². The number of thioether (sulfide) groups is 1. The zero-order valence-electron chi connectivity index (χ0n) is 14.1. The molecule has 136 valence electrons. The van der Waals surface area contributed by atoms with E-state index in [4.69, 9.17) is 24.9 Å². The summed E-state index contributed by atoms with van der Waals surface area (Å²) in [5.74, 6) is 0.573. The SMILES string of the molecule is COCC1SC(N)=NC12c1cc(Br)ccc1Oc1c(F)cc(OC)cc12. The molecule has 2 aromatic rings. The van der Waals surface area contributed by atoms with Gasteiger partial charge in [0, 0.05) is 28.8 Å². The summed E-state index contributed by atoms with van der Waals surface area (Å²) in [6, 6.07) is 8.64. The fraction of sp³-hybridized carbons (Fsp3) is 0.278. The second kappa shape index (κ2) is 6.44. The molecule has 2 aromatic carbocycles. The predicted octanol–water partition coefficient (Wildman–Crippen LogP) is 4.02. The molecule has 2 aliphatic rings. The molecule has 2 heterocycles. The maximum Gasteiger partial charge on any atom is 0.169 e. The van der Waals surface area contributed by atoms with Gasteiger partial charge in [0.1, 0.15) is 17.0 Å². The quantitative estimate of drug-likeness (QED) is 0.783. The van der Waals surface area contributed by atoms with Crippen LogP contribution in [0.4, 0.5) is 4.39 Å². The lowest BCUT2D eigenvalue weighted by atomic mass is 9.77. The average Bonchev–Trinajstić information content (AvgIpc) is 2.94. The van der Waals surface area contributed by atoms with Crippen LogP contribution in [0.3, 0.4) is 0 Å². The molecule has 2 unspecified atom stereocenters. The highest BCUT2D eigenvalue weighted by Crippen LogP contribution is 2.57. The third kappa shape index (κ3) is 2.51. The van der Waals surface area contributed by atoms with E-state index in [1.54, 1.807) is 19.2 Å². The third-order valence-electron chi connectivity index (χ3n) is 4.56. The van der Waals surface area contributed by atoms with Crippen LogP contribution in [0, 0.1) is 5.82 Å². The monoisotopic (exact) mass is 438 g/mol. The molecule has 0 aliphatic carbocycles. The van der Waals surface area contributed by atoms with Gasteiger partial charge in [-0.3, -0.25) is 0 Å². The van der Waals surface area contributed by atoms with E-state index in [1.807, 2.05) is 12.1 Å². The van der Waals surface area contributed by atoms with Crippen LogP contribution in [-0.2, 0) is 10.3 Å². The molecule has 26 heavy (non-hydrogen) atoms. The number of halogens is 2. The van der Waals surface area contributed by atoms with Crippen LogP contribution in [-0.4, -0.2) is 31.2 Å². The van der Waals surface area contributed by atoms with Gasteiger partial charge in [-0.15, -0.1) is 0 Å². The Labute approximate surface area is 162 Å². The Morgan fingerprint density at radius 3 is 2.85 bits per heavy atom. The Morgan fingerprint density at radius 1 is 1.31 bits per heavy atom. The Kier molecular flexibility index (Phi) is 4.37. The van der Waals surface area contributed by atoms with Crippen molar-refractivity contribution >= 4 is 32.9 Å². The van der Waals surface area contributed by atoms with E-state index >= 15 is 0 Å². The summed E-state index contributed by atoms with van der Waals surface area (Å²) < 4.78 is 32.3. The second-order valence-corrected chi connectivity index (χ2v) is 8.15. The highest BCUT2D eigenvalue weighted by molar-refractivity contribution is 9.10. The number of nitrogens with zero attached hydrogens (tertiary/aromatic N) is 1. The van der Waals surface area contributed by atoms with E-state index in [2.05, 4.69) is 15.9 Å². The first-order valence-electron chi connectivity index (χ1n) is 7.86. The number of hydrogen-bond donors (Lipinski definition) is 1. The van der Waals surface area contributed by atoms with Gasteiger partial charge in [0.25, 0.3) is 0 Å². The van der Waals surface area contributed by atoms with Crippen molar-refractivity contribution in [3.05, 3.63) is 51.7 Å². The van der Waals surface area contributed by atoms with E-state index in [0.29, 0.717) is 28.8 Å². The summed E-state index contributed by atoms with van der Waals surface area (Å²) in [4.78, 5) is 4.77. The Balaban J connectivity index is 2.07. The van der Waals surface area contributed by atoms with E-state index in [0.717, 1.165) is 10.0 Å². The first-order chi connectivity index (χ1) is 12.5. The van der Waals surface area contributed by atoms with Crippen molar-refractivity contribution in [3.63, 3.8) is 0 Å². The van der Waals surface area contributed by atoms with Crippen molar-refractivity contribution in [1.82, 2.24) is 0 Å². The van der Waals surface area contributed by atoms with Gasteiger partial charge >= 0.3 is 0 Å². The second-order valence-electron chi connectivity index (χ2n) is 6.01. The molecular formula is C18H16BrFN2O3S. The summed E-state index contributed by atoms with van der Waals surface area (Å²) in [6.45, 7) is 0.388. The van der Waals surface area contributed by atoms with Gasteiger partial charge in [-0.1, -0.05) is 27.7 Å². The number of benzene rings is 2. The van der Waals surface area contributed by atoms with Crippen molar-refractivity contribution < 1.29 is 18.6 Å². The molecule has 0 aromatic heterocycles. The first-order valence-corrected chi connectivity index (χ1v) is 9.53. The number of amidine groups is 1. The topological polar surface area (TPSA) is 66.1 Å². The predicted molar refractivity (Wildman–Crippen MR) is 103 cm³/mol. The molecule has 5 nitrogen and oxygen atoms in total. The molecule has 0 fully saturated rings.